The van der Waals surface area contributed by atoms with Crippen LogP contribution in [0.4, 0.5) is 0 Å². The van der Waals surface area contributed by atoms with E-state index in [0.29, 0.717) is 34.9 Å². The molecule has 0 bridgehead atoms. The van der Waals surface area contributed by atoms with Crippen molar-refractivity contribution in [2.75, 3.05) is 0 Å². The third kappa shape index (κ3) is 15.4. The lowest BCUT2D eigenvalue weighted by Crippen LogP contribution is -2.41. The molecule has 20 aromatic rings. The third-order valence-corrected chi connectivity index (χ3v) is 22.3. The first-order valence-electron chi connectivity index (χ1n) is 39.7. The number of benzene rings is 14. The molecular weight excluding hydrogens is 1500 g/mol. The molecule has 0 atom stereocenters. The molecule has 0 aliphatic carbocycles. The van der Waals surface area contributed by atoms with Crippen LogP contribution in [0, 0.1) is 0 Å². The lowest BCUT2D eigenvalue weighted by Gasteiger charge is -2.32. The van der Waals surface area contributed by atoms with Gasteiger partial charge in [-0.25, -0.2) is 29.9 Å². The van der Waals surface area contributed by atoms with E-state index in [1.54, 1.807) is 0 Å². The first-order valence-corrected chi connectivity index (χ1v) is 40.1. The summed E-state index contributed by atoms with van der Waals surface area (Å²) in [6.07, 6.45) is 0. The number of halogens is 1. The van der Waals surface area contributed by atoms with E-state index in [-0.39, 0.29) is 0 Å². The molecule has 1 aliphatic rings. The maximum absolute atomic E-state index is 6.62. The van der Waals surface area contributed by atoms with E-state index < -0.39 is 18.3 Å². The zero-order chi connectivity index (χ0) is 81.1. The Kier molecular flexibility index (Phi) is 20.5. The minimum absolute atomic E-state index is 0.501. The minimum atomic E-state index is -0.602. The van der Waals surface area contributed by atoms with Crippen molar-refractivity contribution in [1.82, 2.24) is 50.3 Å². The summed E-state index contributed by atoms with van der Waals surface area (Å²) >= 11 is 5.87. The Morgan fingerprint density at radius 2 is 0.500 bits per heavy atom. The van der Waals surface area contributed by atoms with Gasteiger partial charge >= 0.3 is 7.12 Å². The number of nitrogens with zero attached hydrogens (tertiary/aromatic N) is 10. The third-order valence-electron chi connectivity index (χ3n) is 22.0. The number of aromatic nitrogens is 10. The highest BCUT2D eigenvalue weighted by Crippen LogP contribution is 2.45. The van der Waals surface area contributed by atoms with Gasteiger partial charge in [0.2, 0.25) is 0 Å². The molecule has 14 nitrogen and oxygen atoms in total. The van der Waals surface area contributed by atoms with E-state index in [9.17, 15) is 0 Å². The van der Waals surface area contributed by atoms with Crippen molar-refractivity contribution in [3.63, 3.8) is 0 Å². The van der Waals surface area contributed by atoms with Crippen LogP contribution in [0.1, 0.15) is 27.7 Å². The van der Waals surface area contributed by atoms with E-state index in [0.717, 1.165) is 166 Å². The van der Waals surface area contributed by atoms with Gasteiger partial charge in [0.25, 0.3) is 0 Å². The van der Waals surface area contributed by atoms with E-state index in [1.165, 1.54) is 0 Å². The smallest absolute Gasteiger partial charge is 0.456 e. The zero-order valence-electron chi connectivity index (χ0n) is 65.9. The fraction of sp³-hybridized carbons (Fsp3) is 0.0577. The predicted octanol–water partition coefficient (Wildman–Crippen LogP) is 25.4. The molecule has 14 aromatic carbocycles. The van der Waals surface area contributed by atoms with Gasteiger partial charge in [-0.1, -0.05) is 327 Å². The number of para-hydroxylation sites is 2. The SMILES string of the molecule is CC1(C)OB(c2c(-c3ccc(-c4nc(-c5ccccc5)nc(-c5ccccc5)n4)cc3)ccc3c2oc2ccccc23)OC1(C)C.Clc1ccc(-c2ccc(-c3ccccc3)nn2)cc1.c1ccc(-c2ccc(-c3ccc(-c4c(-c5ccc(-c6nc(-c7ccccc7)nc(-c7ccccc7)n6)cc5)ccc5c4oc4ccccc45)cc3)nn2)cc1. The molecule has 16 heteroatoms. The largest absolute Gasteiger partial charge is 0.499 e. The van der Waals surface area contributed by atoms with E-state index in [4.69, 9.17) is 59.6 Å². The van der Waals surface area contributed by atoms with Crippen molar-refractivity contribution in [2.24, 2.45) is 0 Å². The molecule has 21 rings (SSSR count). The van der Waals surface area contributed by atoms with E-state index in [2.05, 4.69) is 163 Å². The van der Waals surface area contributed by atoms with Gasteiger partial charge in [-0.2, -0.15) is 0 Å². The Hall–Kier alpha value is -14.9. The number of hydrogen-bond acceptors (Lipinski definition) is 14. The van der Waals surface area contributed by atoms with Crippen molar-refractivity contribution < 1.29 is 18.1 Å². The van der Waals surface area contributed by atoms with Crippen LogP contribution < -0.4 is 5.46 Å². The van der Waals surface area contributed by atoms with Gasteiger partial charge in [-0.3, -0.25) is 0 Å². The molecule has 120 heavy (non-hydrogen) atoms. The maximum atomic E-state index is 6.62. The van der Waals surface area contributed by atoms with Crippen LogP contribution in [0.15, 0.2) is 385 Å². The number of rotatable bonds is 14. The zero-order valence-corrected chi connectivity index (χ0v) is 66.6. The highest BCUT2D eigenvalue weighted by atomic mass is 35.5. The summed E-state index contributed by atoms with van der Waals surface area (Å²) in [5.41, 5.74) is 22.4. The van der Waals surface area contributed by atoms with Crippen LogP contribution in [0.25, 0.3) is 191 Å². The molecule has 0 radical (unpaired) electrons. The highest BCUT2D eigenvalue weighted by molar-refractivity contribution is 6.67. The van der Waals surface area contributed by atoms with Crippen LogP contribution in [0.3, 0.4) is 0 Å². The highest BCUT2D eigenvalue weighted by Gasteiger charge is 2.53. The van der Waals surface area contributed by atoms with Gasteiger partial charge in [0.15, 0.2) is 34.9 Å². The number of hydrogen-bond donors (Lipinski definition) is 0. The van der Waals surface area contributed by atoms with Gasteiger partial charge < -0.3 is 18.1 Å². The molecule has 0 amide bonds. The summed E-state index contributed by atoms with van der Waals surface area (Å²) in [7, 11) is -0.602. The van der Waals surface area contributed by atoms with Crippen LogP contribution >= 0.6 is 11.6 Å². The summed E-state index contributed by atoms with van der Waals surface area (Å²) < 4.78 is 26.4. The normalized spacial score (nSPS) is 12.8. The molecular formula is C104H74BClN10O4. The fourth-order valence-corrected chi connectivity index (χ4v) is 15.1. The van der Waals surface area contributed by atoms with Crippen LogP contribution in [0.2, 0.25) is 5.02 Å². The Bertz CT molecular complexity index is 6910. The van der Waals surface area contributed by atoms with Crippen molar-refractivity contribution in [2.45, 2.75) is 38.9 Å². The monoisotopic (exact) mass is 1570 g/mol. The van der Waals surface area contributed by atoms with E-state index >= 15 is 0 Å². The average molecular weight is 1570 g/mol. The van der Waals surface area contributed by atoms with Crippen molar-refractivity contribution in [3.05, 3.63) is 381 Å². The van der Waals surface area contributed by atoms with Crippen LogP contribution in [-0.2, 0) is 9.31 Å². The first kappa shape index (κ1) is 75.2. The molecule has 1 aliphatic heterocycles. The average Bonchev–Trinajstić information content (AvgIpc) is 1.52. The van der Waals surface area contributed by atoms with Gasteiger partial charge in [-0.15, -0.1) is 20.4 Å². The summed E-state index contributed by atoms with van der Waals surface area (Å²) in [6.45, 7) is 8.29. The van der Waals surface area contributed by atoms with Gasteiger partial charge in [0.05, 0.1) is 34.0 Å². The molecule has 1 fully saturated rings. The molecule has 0 N–H and O–H groups in total. The van der Waals surface area contributed by atoms with Crippen molar-refractivity contribution in [1.29, 1.82) is 0 Å². The van der Waals surface area contributed by atoms with Crippen molar-refractivity contribution >= 4 is 68.1 Å². The predicted molar refractivity (Wildman–Crippen MR) is 483 cm³/mol. The summed E-state index contributed by atoms with van der Waals surface area (Å²) in [6, 6.07) is 126. The molecule has 0 unspecified atom stereocenters. The topological polar surface area (TPSA) is 174 Å². The molecule has 574 valence electrons. The van der Waals surface area contributed by atoms with Crippen LogP contribution in [0.5, 0.6) is 0 Å². The number of furan rings is 2. The second kappa shape index (κ2) is 32.7. The van der Waals surface area contributed by atoms with Crippen molar-refractivity contribution in [3.8, 4) is 147 Å². The Morgan fingerprint density at radius 3 is 0.867 bits per heavy atom. The Balaban J connectivity index is 0.000000132. The molecule has 0 spiro atoms. The lowest BCUT2D eigenvalue weighted by molar-refractivity contribution is 0.00578. The summed E-state index contributed by atoms with van der Waals surface area (Å²) in [4.78, 5) is 29.4. The molecule has 6 aromatic heterocycles. The first-order chi connectivity index (χ1) is 58.8. The van der Waals surface area contributed by atoms with Gasteiger partial charge in [0.1, 0.15) is 22.3 Å². The summed E-state index contributed by atoms with van der Waals surface area (Å²) in [5, 5.41) is 22.6. The number of fused-ring (bicyclic) bond motifs is 6. The second-order valence-corrected chi connectivity index (χ2v) is 30.6. The fourth-order valence-electron chi connectivity index (χ4n) is 15.0. The maximum Gasteiger partial charge on any atom is 0.499 e. The molecule has 0 saturated carbocycles. The van der Waals surface area contributed by atoms with Gasteiger partial charge in [-0.05, 0) is 116 Å². The van der Waals surface area contributed by atoms with E-state index in [1.807, 2.05) is 261 Å². The quantitative estimate of drug-likeness (QED) is 0.0941. The molecule has 7 heterocycles. The van der Waals surface area contributed by atoms with Gasteiger partial charge in [0, 0.05) is 93.2 Å². The summed E-state index contributed by atoms with van der Waals surface area (Å²) in [5.74, 6) is 3.75. The Labute approximate surface area is 698 Å². The Morgan fingerprint density at radius 1 is 0.233 bits per heavy atom. The minimum Gasteiger partial charge on any atom is -0.456 e. The standard InChI is InChI=1S/C49H31N5O.C39H32BN3O3.C16H11ClN2/c1-4-12-33(13-5-1)42-30-31-43(54-53-42)34-22-24-35(25-23-34)45-39(28-29-41-40-18-10-11-19-44(40)55-46(41)45)32-20-26-38(27-21-32)49-51-47(36-14-6-2-7-15-36)50-48(52-49)37-16-8-3-9-17-37;1-38(2)39(3,4)46-40(45-38)33-29(23-24-31-30-17-11-12-18-32(30)44-34(31)33)25-19-21-28(22-20-25)37-42-35(26-13-7-5-8-14-26)41-36(43-37)27-15-9-6-10-16-27;17-14-8-6-13(7-9-14)16-11-10-15(18-19-16)12-4-2-1-3-5-12/h1-31H;5-24H,1-4H3;1-11H. The van der Waals surface area contributed by atoms with Crippen LogP contribution in [-0.4, -0.2) is 68.6 Å². The lowest BCUT2D eigenvalue weighted by atomic mass is 9.73. The molecule has 1 saturated heterocycles. The second-order valence-electron chi connectivity index (χ2n) is 30.2.